The summed E-state index contributed by atoms with van der Waals surface area (Å²) >= 11 is 0. The number of halogens is 3. The van der Waals surface area contributed by atoms with Crippen LogP contribution in [0.2, 0.25) is 0 Å². The van der Waals surface area contributed by atoms with Gasteiger partial charge in [-0.15, -0.1) is 0 Å². The third kappa shape index (κ3) is 1.95. The third-order valence-electron chi connectivity index (χ3n) is 5.47. The van der Waals surface area contributed by atoms with Crippen molar-refractivity contribution in [2.24, 2.45) is 23.7 Å². The van der Waals surface area contributed by atoms with E-state index in [1.165, 1.54) is 6.42 Å². The maximum absolute atomic E-state index is 12.4. The van der Waals surface area contributed by atoms with Crippen molar-refractivity contribution in [3.8, 4) is 0 Å². The van der Waals surface area contributed by atoms with Crippen LogP contribution < -0.4 is 5.32 Å². The summed E-state index contributed by atoms with van der Waals surface area (Å²) < 4.78 is 37.3. The number of hydrogen-bond acceptors (Lipinski definition) is 2. The fourth-order valence-electron chi connectivity index (χ4n) is 4.89. The lowest BCUT2D eigenvalue weighted by molar-refractivity contribution is -0.150. The van der Waals surface area contributed by atoms with Gasteiger partial charge in [0.15, 0.2) is 0 Å². The topological polar surface area (TPSA) is 32.3 Å². The molecule has 4 bridgehead atoms. The molecule has 4 saturated carbocycles. The quantitative estimate of drug-likeness (QED) is 0.819. The van der Waals surface area contributed by atoms with Crippen molar-refractivity contribution in [3.63, 3.8) is 0 Å². The minimum atomic E-state index is -4.20. The molecule has 0 heterocycles. The molecule has 0 aromatic rings. The highest BCUT2D eigenvalue weighted by molar-refractivity contribution is 5.11. The number of alkyl halides is 3. The van der Waals surface area contributed by atoms with Crippen LogP contribution in [0.15, 0.2) is 0 Å². The van der Waals surface area contributed by atoms with Gasteiger partial charge in [-0.05, 0) is 55.8 Å². The zero-order chi connectivity index (χ0) is 13.0. The summed E-state index contributed by atoms with van der Waals surface area (Å²) in [6.07, 6.45) is 1.05. The van der Waals surface area contributed by atoms with E-state index in [0.717, 1.165) is 25.7 Å². The number of nitrogens with one attached hydrogen (secondary N) is 1. The molecule has 0 atom stereocenters. The minimum Gasteiger partial charge on any atom is -0.394 e. The van der Waals surface area contributed by atoms with E-state index in [0.29, 0.717) is 11.8 Å². The number of hydrogen-bond donors (Lipinski definition) is 2. The molecule has 4 fully saturated rings. The van der Waals surface area contributed by atoms with Gasteiger partial charge in [-0.1, -0.05) is 0 Å². The minimum absolute atomic E-state index is 0.155. The van der Waals surface area contributed by atoms with E-state index in [2.05, 4.69) is 5.32 Å². The standard InChI is InChI=1S/C13H20F3NO/c14-13(15,16)6-17-12(7-18)10-2-8-1-9(4-10)5-11(12)3-8/h8-11,17-18H,1-7H2. The molecule has 0 aliphatic heterocycles. The smallest absolute Gasteiger partial charge is 0.394 e. The SMILES string of the molecule is OCC1(NCC(F)(F)F)C2CC3CC(C2)CC1C3. The lowest BCUT2D eigenvalue weighted by Crippen LogP contribution is -2.67. The first-order valence-electron chi connectivity index (χ1n) is 6.85. The first-order valence-corrected chi connectivity index (χ1v) is 6.85. The van der Waals surface area contributed by atoms with Crippen molar-refractivity contribution in [2.45, 2.75) is 43.8 Å². The normalized spacial score (nSPS) is 46.7. The van der Waals surface area contributed by atoms with Crippen LogP contribution in [0.3, 0.4) is 0 Å². The van der Waals surface area contributed by atoms with E-state index in [9.17, 15) is 18.3 Å². The predicted molar refractivity (Wildman–Crippen MR) is 60.9 cm³/mol. The molecule has 18 heavy (non-hydrogen) atoms. The van der Waals surface area contributed by atoms with Gasteiger partial charge in [0.1, 0.15) is 0 Å². The molecule has 2 N–H and O–H groups in total. The van der Waals surface area contributed by atoms with E-state index in [4.69, 9.17) is 0 Å². The van der Waals surface area contributed by atoms with E-state index in [1.807, 2.05) is 0 Å². The summed E-state index contributed by atoms with van der Waals surface area (Å²) in [5, 5.41) is 12.4. The summed E-state index contributed by atoms with van der Waals surface area (Å²) in [6, 6.07) is 0. The Hall–Kier alpha value is -0.290. The molecule has 2 nitrogen and oxygen atoms in total. The number of rotatable bonds is 3. The Bertz CT molecular complexity index is 301. The lowest BCUT2D eigenvalue weighted by atomic mass is 9.48. The summed E-state index contributed by atoms with van der Waals surface area (Å²) in [7, 11) is 0. The van der Waals surface area contributed by atoms with Crippen LogP contribution in [0.5, 0.6) is 0 Å². The Morgan fingerprint density at radius 1 is 1.00 bits per heavy atom. The molecule has 0 unspecified atom stereocenters. The Morgan fingerprint density at radius 2 is 1.50 bits per heavy atom. The molecule has 4 aliphatic rings. The molecule has 0 amide bonds. The van der Waals surface area contributed by atoms with E-state index in [-0.39, 0.29) is 18.4 Å². The molecule has 5 heteroatoms. The predicted octanol–water partition coefficient (Wildman–Crippen LogP) is 2.33. The van der Waals surface area contributed by atoms with Crippen molar-refractivity contribution in [2.75, 3.05) is 13.2 Å². The number of aliphatic hydroxyl groups is 1. The zero-order valence-corrected chi connectivity index (χ0v) is 10.3. The molecular weight excluding hydrogens is 243 g/mol. The molecule has 0 spiro atoms. The highest BCUT2D eigenvalue weighted by Crippen LogP contribution is 2.58. The highest BCUT2D eigenvalue weighted by Gasteiger charge is 2.57. The van der Waals surface area contributed by atoms with Crippen molar-refractivity contribution in [1.82, 2.24) is 5.32 Å². The maximum atomic E-state index is 12.4. The van der Waals surface area contributed by atoms with E-state index < -0.39 is 18.3 Å². The Labute approximate surface area is 105 Å². The second-order valence-corrected chi connectivity index (χ2v) is 6.47. The third-order valence-corrected chi connectivity index (χ3v) is 5.47. The summed E-state index contributed by atoms with van der Waals surface area (Å²) in [5.41, 5.74) is -0.664. The van der Waals surface area contributed by atoms with Crippen LogP contribution in [0.25, 0.3) is 0 Å². The molecular formula is C13H20F3NO. The van der Waals surface area contributed by atoms with Gasteiger partial charge >= 0.3 is 6.18 Å². The lowest BCUT2D eigenvalue weighted by Gasteiger charge is -2.61. The monoisotopic (exact) mass is 263 g/mol. The molecule has 0 saturated heterocycles. The van der Waals surface area contributed by atoms with Crippen molar-refractivity contribution in [3.05, 3.63) is 0 Å². The van der Waals surface area contributed by atoms with Gasteiger partial charge in [-0.25, -0.2) is 0 Å². The Kier molecular flexibility index (Phi) is 2.90. The van der Waals surface area contributed by atoms with Crippen LogP contribution in [0.4, 0.5) is 13.2 Å². The average Bonchev–Trinajstić information content (AvgIpc) is 2.27. The van der Waals surface area contributed by atoms with Gasteiger partial charge in [0.2, 0.25) is 0 Å². The van der Waals surface area contributed by atoms with Crippen LogP contribution in [-0.2, 0) is 0 Å². The van der Waals surface area contributed by atoms with E-state index >= 15 is 0 Å². The Morgan fingerprint density at radius 3 is 1.89 bits per heavy atom. The molecule has 0 aromatic carbocycles. The summed E-state index contributed by atoms with van der Waals surface area (Å²) in [5.74, 6) is 1.86. The van der Waals surface area contributed by atoms with Crippen LogP contribution in [-0.4, -0.2) is 30.0 Å². The maximum Gasteiger partial charge on any atom is 0.401 e. The second kappa shape index (κ2) is 4.10. The summed E-state index contributed by atoms with van der Waals surface area (Å²) in [4.78, 5) is 0. The first-order chi connectivity index (χ1) is 8.43. The van der Waals surface area contributed by atoms with Crippen LogP contribution in [0.1, 0.15) is 32.1 Å². The first kappa shape index (κ1) is 12.7. The van der Waals surface area contributed by atoms with Gasteiger partial charge in [0.05, 0.1) is 13.2 Å². The largest absolute Gasteiger partial charge is 0.401 e. The van der Waals surface area contributed by atoms with E-state index in [1.54, 1.807) is 0 Å². The molecule has 4 aliphatic carbocycles. The molecule has 0 aromatic heterocycles. The van der Waals surface area contributed by atoms with Crippen molar-refractivity contribution >= 4 is 0 Å². The molecule has 104 valence electrons. The second-order valence-electron chi connectivity index (χ2n) is 6.47. The fraction of sp³-hybridized carbons (Fsp3) is 1.00. The average molecular weight is 263 g/mol. The Balaban J connectivity index is 1.78. The van der Waals surface area contributed by atoms with Gasteiger partial charge in [0, 0.05) is 5.54 Å². The summed E-state index contributed by atoms with van der Waals surface area (Å²) in [6.45, 7) is -1.13. The van der Waals surface area contributed by atoms with Crippen molar-refractivity contribution < 1.29 is 18.3 Å². The van der Waals surface area contributed by atoms with Gasteiger partial charge in [0.25, 0.3) is 0 Å². The number of aliphatic hydroxyl groups excluding tert-OH is 1. The molecule has 0 radical (unpaired) electrons. The fourth-order valence-corrected chi connectivity index (χ4v) is 4.89. The van der Waals surface area contributed by atoms with Gasteiger partial charge in [-0.3, -0.25) is 0 Å². The van der Waals surface area contributed by atoms with Gasteiger partial charge in [-0.2, -0.15) is 13.2 Å². The highest BCUT2D eigenvalue weighted by atomic mass is 19.4. The van der Waals surface area contributed by atoms with Crippen LogP contribution in [0, 0.1) is 23.7 Å². The molecule has 4 rings (SSSR count). The zero-order valence-electron chi connectivity index (χ0n) is 10.3. The van der Waals surface area contributed by atoms with Gasteiger partial charge < -0.3 is 10.4 Å². The van der Waals surface area contributed by atoms with Crippen LogP contribution >= 0.6 is 0 Å². The van der Waals surface area contributed by atoms with Crippen molar-refractivity contribution in [1.29, 1.82) is 0 Å².